The normalized spacial score (nSPS) is 15.0. The molecular weight excluding hydrogens is 383 g/mol. The van der Waals surface area contributed by atoms with Crippen LogP contribution in [0.25, 0.3) is 0 Å². The number of carbonyl (C=O) groups is 1. The van der Waals surface area contributed by atoms with Crippen LogP contribution in [-0.4, -0.2) is 5.97 Å². The number of benzene rings is 3. The molecule has 1 aliphatic heterocycles. The van der Waals surface area contributed by atoms with Crippen LogP contribution in [-0.2, 0) is 0 Å². The highest BCUT2D eigenvalue weighted by Gasteiger charge is 2.31. The molecule has 0 fully saturated rings. The third-order valence-electron chi connectivity index (χ3n) is 4.97. The molecule has 148 valence electrons. The first-order chi connectivity index (χ1) is 14.5. The summed E-state index contributed by atoms with van der Waals surface area (Å²) in [6.45, 7) is 1.83. The number of aryl methyl sites for hydroxylation is 1. The predicted octanol–water partition coefficient (Wildman–Crippen LogP) is 4.57. The maximum absolute atomic E-state index is 13.4. The fraction of sp³-hybridized carbons (Fsp3) is 0.0833. The van der Waals surface area contributed by atoms with Gasteiger partial charge in [0.05, 0.1) is 11.5 Å². The van der Waals surface area contributed by atoms with Crippen LogP contribution in [0.2, 0.25) is 0 Å². The molecular formula is C24H17FN2O3. The molecule has 0 bridgehead atoms. The molecule has 0 saturated heterocycles. The summed E-state index contributed by atoms with van der Waals surface area (Å²) in [7, 11) is 0. The summed E-state index contributed by atoms with van der Waals surface area (Å²) < 4.78 is 24.5. The van der Waals surface area contributed by atoms with Crippen LogP contribution in [0.1, 0.15) is 33.0 Å². The van der Waals surface area contributed by atoms with Crippen molar-refractivity contribution >= 4 is 5.97 Å². The highest BCUT2D eigenvalue weighted by atomic mass is 19.1. The van der Waals surface area contributed by atoms with Crippen molar-refractivity contribution in [2.24, 2.45) is 5.73 Å². The van der Waals surface area contributed by atoms with Crippen LogP contribution >= 0.6 is 0 Å². The molecule has 0 aliphatic carbocycles. The zero-order chi connectivity index (χ0) is 21.3. The van der Waals surface area contributed by atoms with Crippen LogP contribution in [0.15, 0.2) is 78.2 Å². The van der Waals surface area contributed by atoms with Gasteiger partial charge in [-0.05, 0) is 42.3 Å². The largest absolute Gasteiger partial charge is 0.440 e. The number of nitriles is 1. The minimum Gasteiger partial charge on any atom is -0.440 e. The van der Waals surface area contributed by atoms with E-state index in [4.69, 9.17) is 15.2 Å². The second kappa shape index (κ2) is 7.72. The van der Waals surface area contributed by atoms with E-state index in [1.165, 1.54) is 12.1 Å². The molecule has 6 heteroatoms. The molecule has 3 aromatic rings. The Labute approximate surface area is 172 Å². The summed E-state index contributed by atoms with van der Waals surface area (Å²) in [5.41, 5.74) is 8.85. The maximum atomic E-state index is 13.4. The van der Waals surface area contributed by atoms with Crippen LogP contribution in [0.4, 0.5) is 4.39 Å². The Morgan fingerprint density at radius 3 is 2.57 bits per heavy atom. The molecule has 3 aromatic carbocycles. The first-order valence-electron chi connectivity index (χ1n) is 9.22. The minimum absolute atomic E-state index is 0.0401. The van der Waals surface area contributed by atoms with Crippen LogP contribution in [0.3, 0.4) is 0 Å². The van der Waals surface area contributed by atoms with E-state index in [0.717, 1.165) is 5.56 Å². The summed E-state index contributed by atoms with van der Waals surface area (Å²) in [6.07, 6.45) is 0. The van der Waals surface area contributed by atoms with E-state index in [2.05, 4.69) is 6.07 Å². The van der Waals surface area contributed by atoms with Gasteiger partial charge in [0.1, 0.15) is 29.0 Å². The van der Waals surface area contributed by atoms with Gasteiger partial charge in [0.25, 0.3) is 0 Å². The number of esters is 1. The summed E-state index contributed by atoms with van der Waals surface area (Å²) in [4.78, 5) is 12.5. The molecule has 0 saturated carbocycles. The number of fused-ring (bicyclic) bond motifs is 1. The number of hydrogen-bond donors (Lipinski definition) is 1. The van der Waals surface area contributed by atoms with Gasteiger partial charge in [-0.2, -0.15) is 5.26 Å². The van der Waals surface area contributed by atoms with Crippen molar-refractivity contribution < 1.29 is 18.7 Å². The molecule has 1 unspecified atom stereocenters. The summed E-state index contributed by atoms with van der Waals surface area (Å²) in [5.74, 6) is -0.758. The lowest BCUT2D eigenvalue weighted by molar-refractivity contribution is 0.0733. The topological polar surface area (TPSA) is 85.3 Å². The standard InChI is InChI=1S/C24H17FN2O3/c1-14-4-2-3-5-18(14)24(28)29-17-10-11-19-21(12-17)30-23(27)20(13-26)22(19)15-6-8-16(25)9-7-15/h2-12,22H,27H2,1H3. The smallest absolute Gasteiger partial charge is 0.343 e. The van der Waals surface area contributed by atoms with Gasteiger partial charge >= 0.3 is 5.97 Å². The molecule has 1 heterocycles. The average Bonchev–Trinajstić information content (AvgIpc) is 2.73. The summed E-state index contributed by atoms with van der Waals surface area (Å²) in [6, 6.07) is 20.0. The van der Waals surface area contributed by atoms with E-state index in [-0.39, 0.29) is 23.0 Å². The fourth-order valence-corrected chi connectivity index (χ4v) is 3.46. The second-order valence-electron chi connectivity index (χ2n) is 6.88. The Hall–Kier alpha value is -4.11. The number of nitrogens with zero attached hydrogens (tertiary/aromatic N) is 1. The van der Waals surface area contributed by atoms with Crippen LogP contribution in [0, 0.1) is 24.1 Å². The number of allylic oxidation sites excluding steroid dienone is 1. The minimum atomic E-state index is -0.513. The van der Waals surface area contributed by atoms with E-state index in [9.17, 15) is 14.4 Å². The fourth-order valence-electron chi connectivity index (χ4n) is 3.46. The predicted molar refractivity (Wildman–Crippen MR) is 108 cm³/mol. The molecule has 1 atom stereocenters. The molecule has 0 aromatic heterocycles. The van der Waals surface area contributed by atoms with Crippen LogP contribution in [0.5, 0.6) is 11.5 Å². The number of nitrogens with two attached hydrogens (primary N) is 1. The highest BCUT2D eigenvalue weighted by Crippen LogP contribution is 2.43. The Morgan fingerprint density at radius 2 is 1.87 bits per heavy atom. The van der Waals surface area contributed by atoms with Gasteiger partial charge in [0.2, 0.25) is 5.88 Å². The molecule has 0 spiro atoms. The average molecular weight is 400 g/mol. The summed E-state index contributed by atoms with van der Waals surface area (Å²) >= 11 is 0. The number of halogens is 1. The second-order valence-corrected chi connectivity index (χ2v) is 6.88. The van der Waals surface area contributed by atoms with E-state index >= 15 is 0 Å². The van der Waals surface area contributed by atoms with Gasteiger partial charge in [0.15, 0.2) is 0 Å². The third kappa shape index (κ3) is 3.49. The SMILES string of the molecule is Cc1ccccc1C(=O)Oc1ccc2c(c1)OC(N)=C(C#N)C2c1ccc(F)cc1. The molecule has 0 amide bonds. The Morgan fingerprint density at radius 1 is 1.13 bits per heavy atom. The highest BCUT2D eigenvalue weighted by molar-refractivity contribution is 5.92. The van der Waals surface area contributed by atoms with Gasteiger partial charge in [-0.3, -0.25) is 0 Å². The lowest BCUT2D eigenvalue weighted by Gasteiger charge is -2.26. The number of ether oxygens (including phenoxy) is 2. The van der Waals surface area contributed by atoms with E-state index in [0.29, 0.717) is 22.4 Å². The number of carbonyl (C=O) groups excluding carboxylic acids is 1. The quantitative estimate of drug-likeness (QED) is 0.514. The lowest BCUT2D eigenvalue weighted by Crippen LogP contribution is -2.21. The Kier molecular flexibility index (Phi) is 4.95. The van der Waals surface area contributed by atoms with Crippen molar-refractivity contribution in [2.75, 3.05) is 0 Å². The molecule has 30 heavy (non-hydrogen) atoms. The first-order valence-corrected chi connectivity index (χ1v) is 9.22. The van der Waals surface area contributed by atoms with Crippen molar-refractivity contribution in [3.05, 3.63) is 106 Å². The van der Waals surface area contributed by atoms with Gasteiger partial charge in [-0.15, -0.1) is 0 Å². The first kappa shape index (κ1) is 19.2. The Bertz CT molecular complexity index is 1210. The number of rotatable bonds is 3. The monoisotopic (exact) mass is 400 g/mol. The Balaban J connectivity index is 1.70. The van der Waals surface area contributed by atoms with E-state index in [1.807, 2.05) is 19.1 Å². The van der Waals surface area contributed by atoms with Gasteiger partial charge < -0.3 is 15.2 Å². The summed E-state index contributed by atoms with van der Waals surface area (Å²) in [5, 5.41) is 9.59. The van der Waals surface area contributed by atoms with Crippen molar-refractivity contribution in [1.82, 2.24) is 0 Å². The zero-order valence-electron chi connectivity index (χ0n) is 16.1. The molecule has 1 aliphatic rings. The van der Waals surface area contributed by atoms with E-state index < -0.39 is 11.9 Å². The van der Waals surface area contributed by atoms with Gasteiger partial charge in [-0.1, -0.05) is 36.4 Å². The lowest BCUT2D eigenvalue weighted by atomic mass is 9.83. The molecule has 5 nitrogen and oxygen atoms in total. The van der Waals surface area contributed by atoms with Gasteiger partial charge in [0, 0.05) is 11.6 Å². The maximum Gasteiger partial charge on any atom is 0.343 e. The van der Waals surface area contributed by atoms with Crippen molar-refractivity contribution in [3.8, 4) is 17.6 Å². The zero-order valence-corrected chi connectivity index (χ0v) is 16.1. The third-order valence-corrected chi connectivity index (χ3v) is 4.97. The van der Waals surface area contributed by atoms with Gasteiger partial charge in [-0.25, -0.2) is 9.18 Å². The number of hydrogen-bond acceptors (Lipinski definition) is 5. The van der Waals surface area contributed by atoms with Crippen molar-refractivity contribution in [3.63, 3.8) is 0 Å². The van der Waals surface area contributed by atoms with E-state index in [1.54, 1.807) is 42.5 Å². The molecule has 4 rings (SSSR count). The van der Waals surface area contributed by atoms with Crippen molar-refractivity contribution in [2.45, 2.75) is 12.8 Å². The molecule has 2 N–H and O–H groups in total. The molecule has 0 radical (unpaired) electrons. The van der Waals surface area contributed by atoms with Crippen molar-refractivity contribution in [1.29, 1.82) is 5.26 Å². The van der Waals surface area contributed by atoms with Crippen LogP contribution < -0.4 is 15.2 Å².